The van der Waals surface area contributed by atoms with Gasteiger partial charge in [-0.3, -0.25) is 9.78 Å². The SMILES string of the molecule is Nc1nc2nc(-c3sccc3Br)[nH]c2c(=O)[nH]1. The zero-order valence-electron chi connectivity index (χ0n) is 8.32. The molecule has 4 N–H and O–H groups in total. The van der Waals surface area contributed by atoms with Crippen molar-refractivity contribution in [3.8, 4) is 10.7 Å². The number of H-pyrrole nitrogens is 2. The molecule has 0 aliphatic carbocycles. The van der Waals surface area contributed by atoms with Crippen LogP contribution in [0.3, 0.4) is 0 Å². The van der Waals surface area contributed by atoms with E-state index in [0.29, 0.717) is 17.0 Å². The molecule has 0 spiro atoms. The van der Waals surface area contributed by atoms with Gasteiger partial charge >= 0.3 is 0 Å². The molecule has 0 unspecified atom stereocenters. The Kier molecular flexibility index (Phi) is 2.26. The number of nitrogens with zero attached hydrogens (tertiary/aromatic N) is 2. The molecule has 0 bridgehead atoms. The van der Waals surface area contributed by atoms with E-state index in [9.17, 15) is 4.79 Å². The third kappa shape index (κ3) is 1.65. The van der Waals surface area contributed by atoms with Crippen molar-refractivity contribution in [2.75, 3.05) is 5.73 Å². The molecule has 0 aliphatic rings. The molecule has 3 aromatic rings. The van der Waals surface area contributed by atoms with Crippen molar-refractivity contribution in [1.29, 1.82) is 0 Å². The Labute approximate surface area is 107 Å². The Hall–Kier alpha value is -1.67. The summed E-state index contributed by atoms with van der Waals surface area (Å²) in [7, 11) is 0. The fourth-order valence-corrected chi connectivity index (χ4v) is 3.00. The van der Waals surface area contributed by atoms with E-state index in [1.807, 2.05) is 11.4 Å². The van der Waals surface area contributed by atoms with Gasteiger partial charge in [0, 0.05) is 4.47 Å². The van der Waals surface area contributed by atoms with E-state index in [-0.39, 0.29) is 11.5 Å². The molecule has 0 fully saturated rings. The van der Waals surface area contributed by atoms with Gasteiger partial charge in [0.15, 0.2) is 17.0 Å². The molecule has 17 heavy (non-hydrogen) atoms. The molecule has 3 rings (SSSR count). The lowest BCUT2D eigenvalue weighted by molar-refractivity contribution is 1.17. The predicted octanol–water partition coefficient (Wildman–Crippen LogP) is 1.72. The highest BCUT2D eigenvalue weighted by Gasteiger charge is 2.13. The molecule has 0 saturated carbocycles. The molecule has 0 atom stereocenters. The maximum absolute atomic E-state index is 11.6. The van der Waals surface area contributed by atoms with Gasteiger partial charge in [0.1, 0.15) is 0 Å². The summed E-state index contributed by atoms with van der Waals surface area (Å²) < 4.78 is 0.922. The number of fused-ring (bicyclic) bond motifs is 1. The van der Waals surface area contributed by atoms with Gasteiger partial charge in [-0.1, -0.05) is 0 Å². The van der Waals surface area contributed by atoms with E-state index in [0.717, 1.165) is 9.35 Å². The Balaban J connectivity index is 2.31. The zero-order chi connectivity index (χ0) is 12.0. The van der Waals surface area contributed by atoms with E-state index in [2.05, 4.69) is 35.9 Å². The van der Waals surface area contributed by atoms with Crippen molar-refractivity contribution in [3.05, 3.63) is 26.3 Å². The molecule has 0 aromatic carbocycles. The number of hydrogen-bond acceptors (Lipinski definition) is 5. The number of imidazole rings is 1. The number of thiophene rings is 1. The molecule has 0 saturated heterocycles. The first kappa shape index (κ1) is 10.5. The summed E-state index contributed by atoms with van der Waals surface area (Å²) in [6.45, 7) is 0. The molecule has 86 valence electrons. The highest BCUT2D eigenvalue weighted by molar-refractivity contribution is 9.10. The molecule has 3 aromatic heterocycles. The molecule has 0 amide bonds. The zero-order valence-corrected chi connectivity index (χ0v) is 10.7. The van der Waals surface area contributed by atoms with Crippen LogP contribution in [-0.2, 0) is 0 Å². The normalized spacial score (nSPS) is 11.1. The van der Waals surface area contributed by atoms with Crippen LogP contribution in [0.5, 0.6) is 0 Å². The fourth-order valence-electron chi connectivity index (χ4n) is 1.49. The van der Waals surface area contributed by atoms with Crippen LogP contribution in [0, 0.1) is 0 Å². The summed E-state index contributed by atoms with van der Waals surface area (Å²) in [5, 5.41) is 1.93. The summed E-state index contributed by atoms with van der Waals surface area (Å²) in [5.74, 6) is 0.663. The number of hydrogen-bond donors (Lipinski definition) is 3. The van der Waals surface area contributed by atoms with Crippen LogP contribution in [0.4, 0.5) is 5.95 Å². The predicted molar refractivity (Wildman–Crippen MR) is 69.9 cm³/mol. The van der Waals surface area contributed by atoms with Crippen LogP contribution in [0.15, 0.2) is 20.7 Å². The number of nitrogen functional groups attached to an aromatic ring is 1. The summed E-state index contributed by atoms with van der Waals surface area (Å²) in [6.07, 6.45) is 0. The molecule has 3 heterocycles. The average molecular weight is 312 g/mol. The summed E-state index contributed by atoms with van der Waals surface area (Å²) in [6, 6.07) is 1.92. The van der Waals surface area contributed by atoms with Crippen molar-refractivity contribution in [1.82, 2.24) is 19.9 Å². The molecular weight excluding hydrogens is 306 g/mol. The van der Waals surface area contributed by atoms with E-state index in [1.54, 1.807) is 0 Å². The number of nitrogens with one attached hydrogen (secondary N) is 2. The van der Waals surface area contributed by atoms with Gasteiger partial charge in [-0.2, -0.15) is 4.98 Å². The second-order valence-corrected chi connectivity index (χ2v) is 5.10. The van der Waals surface area contributed by atoms with Gasteiger partial charge in [-0.25, -0.2) is 4.98 Å². The van der Waals surface area contributed by atoms with Gasteiger partial charge in [0.2, 0.25) is 5.95 Å². The molecule has 0 aliphatic heterocycles. The van der Waals surface area contributed by atoms with E-state index in [4.69, 9.17) is 5.73 Å². The molecule has 8 heteroatoms. The van der Waals surface area contributed by atoms with Crippen LogP contribution < -0.4 is 11.3 Å². The Bertz CT molecular complexity index is 758. The maximum atomic E-state index is 11.6. The van der Waals surface area contributed by atoms with Crippen molar-refractivity contribution >= 4 is 44.4 Å². The number of nitrogens with two attached hydrogens (primary N) is 1. The van der Waals surface area contributed by atoms with Crippen LogP contribution >= 0.6 is 27.3 Å². The monoisotopic (exact) mass is 311 g/mol. The fraction of sp³-hybridized carbons (Fsp3) is 0. The maximum Gasteiger partial charge on any atom is 0.278 e. The first-order valence-electron chi connectivity index (χ1n) is 4.64. The van der Waals surface area contributed by atoms with Gasteiger partial charge in [-0.15, -0.1) is 11.3 Å². The first-order valence-corrected chi connectivity index (χ1v) is 6.31. The number of aromatic amines is 2. The lowest BCUT2D eigenvalue weighted by Gasteiger charge is -1.90. The first-order chi connectivity index (χ1) is 8.15. The Morgan fingerprint density at radius 1 is 1.35 bits per heavy atom. The molecular formula is C9H6BrN5OS. The second kappa shape index (κ2) is 3.67. The van der Waals surface area contributed by atoms with Gasteiger partial charge in [-0.05, 0) is 27.4 Å². The lowest BCUT2D eigenvalue weighted by atomic mass is 10.4. The largest absolute Gasteiger partial charge is 0.369 e. The van der Waals surface area contributed by atoms with Gasteiger partial charge in [0.25, 0.3) is 5.56 Å². The van der Waals surface area contributed by atoms with Gasteiger partial charge < -0.3 is 10.7 Å². The number of aromatic nitrogens is 4. The minimum atomic E-state index is -0.320. The smallest absolute Gasteiger partial charge is 0.278 e. The van der Waals surface area contributed by atoms with Crippen LogP contribution in [0.1, 0.15) is 0 Å². The number of halogens is 1. The van der Waals surface area contributed by atoms with E-state index < -0.39 is 0 Å². The van der Waals surface area contributed by atoms with Crippen LogP contribution in [0.2, 0.25) is 0 Å². The molecule has 0 radical (unpaired) electrons. The lowest BCUT2D eigenvalue weighted by Crippen LogP contribution is -2.10. The summed E-state index contributed by atoms with van der Waals surface area (Å²) in [4.78, 5) is 26.1. The number of anilines is 1. The third-order valence-corrected chi connectivity index (χ3v) is 4.06. The minimum Gasteiger partial charge on any atom is -0.369 e. The molecule has 6 nitrogen and oxygen atoms in total. The second-order valence-electron chi connectivity index (χ2n) is 3.33. The Morgan fingerprint density at radius 2 is 2.18 bits per heavy atom. The highest BCUT2D eigenvalue weighted by atomic mass is 79.9. The highest BCUT2D eigenvalue weighted by Crippen LogP contribution is 2.31. The van der Waals surface area contributed by atoms with Crippen molar-refractivity contribution < 1.29 is 0 Å². The average Bonchev–Trinajstić information content (AvgIpc) is 2.83. The van der Waals surface area contributed by atoms with Crippen molar-refractivity contribution in [3.63, 3.8) is 0 Å². The van der Waals surface area contributed by atoms with E-state index >= 15 is 0 Å². The van der Waals surface area contributed by atoms with Crippen LogP contribution in [0.25, 0.3) is 21.9 Å². The van der Waals surface area contributed by atoms with Gasteiger partial charge in [0.05, 0.1) is 4.88 Å². The minimum absolute atomic E-state index is 0.0609. The third-order valence-electron chi connectivity index (χ3n) is 2.21. The van der Waals surface area contributed by atoms with Crippen molar-refractivity contribution in [2.45, 2.75) is 0 Å². The van der Waals surface area contributed by atoms with Crippen molar-refractivity contribution in [2.24, 2.45) is 0 Å². The summed E-state index contributed by atoms with van der Waals surface area (Å²) >= 11 is 4.93. The summed E-state index contributed by atoms with van der Waals surface area (Å²) in [5.41, 5.74) is 5.78. The Morgan fingerprint density at radius 3 is 2.88 bits per heavy atom. The standard InChI is InChI=1S/C9H6BrN5OS/c10-3-1-2-17-5(3)7-12-4-6(13-7)14-9(11)15-8(4)16/h1-2H,(H4,11,12,13,14,15,16). The quantitative estimate of drug-likeness (QED) is 0.637. The van der Waals surface area contributed by atoms with E-state index in [1.165, 1.54) is 11.3 Å². The topological polar surface area (TPSA) is 100 Å². The number of rotatable bonds is 1. The van der Waals surface area contributed by atoms with Crippen LogP contribution in [-0.4, -0.2) is 19.9 Å².